The Morgan fingerprint density at radius 2 is 2.25 bits per heavy atom. The third kappa shape index (κ3) is 3.47. The van der Waals surface area contributed by atoms with Crippen LogP contribution in [0.15, 0.2) is 46.5 Å². The van der Waals surface area contributed by atoms with Crippen molar-refractivity contribution in [3.63, 3.8) is 0 Å². The fourth-order valence-electron chi connectivity index (χ4n) is 2.08. The normalized spacial score (nSPS) is 15.2. The summed E-state index contributed by atoms with van der Waals surface area (Å²) in [5.41, 5.74) is 4.73. The lowest BCUT2D eigenvalue weighted by atomic mass is 10.1. The SMILES string of the molecule is C=c1cc(CC)[nH]/c1=C/C(/C=C/C1=NCC=C1)=C(C)C. The summed E-state index contributed by atoms with van der Waals surface area (Å²) in [5.74, 6) is 0. The molecule has 20 heavy (non-hydrogen) atoms. The minimum atomic E-state index is 0.799. The Kier molecular flexibility index (Phi) is 4.57. The Morgan fingerprint density at radius 1 is 1.45 bits per heavy atom. The number of aromatic amines is 1. The summed E-state index contributed by atoms with van der Waals surface area (Å²) in [5, 5.41) is 2.14. The van der Waals surface area contributed by atoms with Gasteiger partial charge in [0.15, 0.2) is 0 Å². The number of H-pyrrole nitrogens is 1. The Morgan fingerprint density at radius 3 is 2.80 bits per heavy atom. The summed E-state index contributed by atoms with van der Waals surface area (Å²) in [6, 6.07) is 2.11. The van der Waals surface area contributed by atoms with Crippen LogP contribution in [0.5, 0.6) is 0 Å². The number of aromatic nitrogens is 1. The highest BCUT2D eigenvalue weighted by Crippen LogP contribution is 2.08. The van der Waals surface area contributed by atoms with Gasteiger partial charge in [0, 0.05) is 11.0 Å². The van der Waals surface area contributed by atoms with E-state index in [4.69, 9.17) is 0 Å². The van der Waals surface area contributed by atoms with E-state index in [1.54, 1.807) is 0 Å². The zero-order valence-corrected chi connectivity index (χ0v) is 12.5. The van der Waals surface area contributed by atoms with Crippen molar-refractivity contribution in [3.05, 3.63) is 57.8 Å². The van der Waals surface area contributed by atoms with E-state index >= 15 is 0 Å². The molecule has 0 amide bonds. The highest BCUT2D eigenvalue weighted by atomic mass is 14.7. The maximum Gasteiger partial charge on any atom is 0.0581 e. The van der Waals surface area contributed by atoms with Gasteiger partial charge in [-0.15, -0.1) is 0 Å². The summed E-state index contributed by atoms with van der Waals surface area (Å²) in [6.07, 6.45) is 11.5. The maximum atomic E-state index is 4.37. The van der Waals surface area contributed by atoms with Crippen molar-refractivity contribution in [1.29, 1.82) is 0 Å². The topological polar surface area (TPSA) is 28.1 Å². The largest absolute Gasteiger partial charge is 0.358 e. The fourth-order valence-corrected chi connectivity index (χ4v) is 2.08. The highest BCUT2D eigenvalue weighted by Gasteiger charge is 1.97. The highest BCUT2D eigenvalue weighted by molar-refractivity contribution is 6.05. The van der Waals surface area contributed by atoms with Crippen LogP contribution in [0.1, 0.15) is 26.5 Å². The first-order valence-electron chi connectivity index (χ1n) is 7.05. The van der Waals surface area contributed by atoms with E-state index in [1.165, 1.54) is 16.8 Å². The predicted octanol–water partition coefficient (Wildman–Crippen LogP) is 2.67. The number of nitrogens with zero attached hydrogens (tertiary/aromatic N) is 1. The summed E-state index contributed by atoms with van der Waals surface area (Å²) >= 11 is 0. The van der Waals surface area contributed by atoms with Gasteiger partial charge in [0.25, 0.3) is 0 Å². The van der Waals surface area contributed by atoms with E-state index in [0.29, 0.717) is 0 Å². The first-order chi connectivity index (χ1) is 9.60. The van der Waals surface area contributed by atoms with E-state index in [0.717, 1.165) is 29.2 Å². The van der Waals surface area contributed by atoms with E-state index in [9.17, 15) is 0 Å². The van der Waals surface area contributed by atoms with E-state index in [1.807, 2.05) is 0 Å². The van der Waals surface area contributed by atoms with Gasteiger partial charge in [0.05, 0.1) is 12.3 Å². The molecule has 1 aromatic heterocycles. The lowest BCUT2D eigenvalue weighted by Crippen LogP contribution is -2.20. The molecule has 1 N–H and O–H groups in total. The van der Waals surface area contributed by atoms with Crippen LogP contribution in [-0.2, 0) is 6.42 Å². The second-order valence-electron chi connectivity index (χ2n) is 5.19. The molecule has 0 bridgehead atoms. The van der Waals surface area contributed by atoms with Gasteiger partial charge in [-0.3, -0.25) is 4.99 Å². The van der Waals surface area contributed by atoms with Crippen molar-refractivity contribution in [2.75, 3.05) is 6.54 Å². The second kappa shape index (κ2) is 6.38. The molecule has 0 atom stereocenters. The molecule has 2 heterocycles. The minimum absolute atomic E-state index is 0.799. The molecule has 2 heteroatoms. The second-order valence-corrected chi connectivity index (χ2v) is 5.19. The predicted molar refractivity (Wildman–Crippen MR) is 88.4 cm³/mol. The minimum Gasteiger partial charge on any atom is -0.358 e. The van der Waals surface area contributed by atoms with Crippen LogP contribution < -0.4 is 10.6 Å². The number of hydrogen-bond donors (Lipinski definition) is 1. The van der Waals surface area contributed by atoms with Gasteiger partial charge in [-0.2, -0.15) is 0 Å². The van der Waals surface area contributed by atoms with E-state index in [-0.39, 0.29) is 0 Å². The van der Waals surface area contributed by atoms with Crippen molar-refractivity contribution in [1.82, 2.24) is 4.98 Å². The molecule has 1 aromatic rings. The molecule has 0 unspecified atom stereocenters. The summed E-state index contributed by atoms with van der Waals surface area (Å²) in [6.45, 7) is 11.3. The Bertz CT molecular complexity index is 705. The van der Waals surface area contributed by atoms with Crippen LogP contribution in [0.4, 0.5) is 0 Å². The number of nitrogens with one attached hydrogen (secondary N) is 1. The van der Waals surface area contributed by atoms with Crippen LogP contribution in [0.2, 0.25) is 0 Å². The van der Waals surface area contributed by atoms with Crippen LogP contribution >= 0.6 is 0 Å². The first kappa shape index (κ1) is 14.3. The van der Waals surface area contributed by atoms with Crippen molar-refractivity contribution in [2.45, 2.75) is 27.2 Å². The molecule has 0 spiro atoms. The molecule has 0 aromatic carbocycles. The average molecular weight is 266 g/mol. The lowest BCUT2D eigenvalue weighted by molar-refractivity contribution is 1.05. The number of allylic oxidation sites excluding steroid dienone is 5. The number of aryl methyl sites for hydroxylation is 1. The first-order valence-corrected chi connectivity index (χ1v) is 7.05. The van der Waals surface area contributed by atoms with Gasteiger partial charge in [-0.25, -0.2) is 0 Å². The summed E-state index contributed by atoms with van der Waals surface area (Å²) in [4.78, 5) is 7.79. The average Bonchev–Trinajstić information content (AvgIpc) is 3.04. The van der Waals surface area contributed by atoms with Crippen molar-refractivity contribution >= 4 is 18.4 Å². The molecular weight excluding hydrogens is 244 g/mol. The van der Waals surface area contributed by atoms with Gasteiger partial charge in [-0.1, -0.05) is 31.2 Å². The van der Waals surface area contributed by atoms with Gasteiger partial charge in [-0.05, 0) is 55.4 Å². The van der Waals surface area contributed by atoms with E-state index < -0.39 is 0 Å². The zero-order chi connectivity index (χ0) is 14.5. The molecule has 2 nitrogen and oxygen atoms in total. The lowest BCUT2D eigenvalue weighted by Gasteiger charge is -1.98. The summed E-state index contributed by atoms with van der Waals surface area (Å²) in [7, 11) is 0. The quantitative estimate of drug-likeness (QED) is 0.812. The monoisotopic (exact) mass is 266 g/mol. The Labute approximate surface area is 120 Å². The molecule has 1 aliphatic heterocycles. The van der Waals surface area contributed by atoms with Crippen molar-refractivity contribution in [2.24, 2.45) is 4.99 Å². The van der Waals surface area contributed by atoms with Crippen molar-refractivity contribution < 1.29 is 0 Å². The molecular formula is C18H22N2. The molecule has 0 radical (unpaired) electrons. The Balaban J connectivity index is 2.35. The van der Waals surface area contributed by atoms with Crippen molar-refractivity contribution in [3.8, 4) is 0 Å². The number of hydrogen-bond acceptors (Lipinski definition) is 1. The van der Waals surface area contributed by atoms with Crippen LogP contribution in [-0.4, -0.2) is 17.2 Å². The molecule has 2 rings (SSSR count). The number of aliphatic imine (C=N–C) groups is 1. The molecule has 1 aliphatic rings. The number of rotatable bonds is 4. The maximum absolute atomic E-state index is 4.37. The van der Waals surface area contributed by atoms with Crippen LogP contribution in [0.3, 0.4) is 0 Å². The van der Waals surface area contributed by atoms with Crippen LogP contribution in [0.25, 0.3) is 12.7 Å². The third-order valence-electron chi connectivity index (χ3n) is 3.35. The van der Waals surface area contributed by atoms with Gasteiger partial charge >= 0.3 is 0 Å². The smallest absolute Gasteiger partial charge is 0.0581 e. The van der Waals surface area contributed by atoms with Crippen LogP contribution in [0, 0.1) is 0 Å². The molecule has 0 saturated heterocycles. The van der Waals surface area contributed by atoms with Gasteiger partial charge in [0.2, 0.25) is 0 Å². The summed E-state index contributed by atoms with van der Waals surface area (Å²) < 4.78 is 0. The van der Waals surface area contributed by atoms with Gasteiger partial charge < -0.3 is 4.98 Å². The molecule has 104 valence electrons. The Hall–Kier alpha value is -2.09. The zero-order valence-electron chi connectivity index (χ0n) is 12.5. The molecule has 0 fully saturated rings. The van der Waals surface area contributed by atoms with E-state index in [2.05, 4.69) is 73.8 Å². The van der Waals surface area contributed by atoms with Gasteiger partial charge in [0.1, 0.15) is 0 Å². The fraction of sp³-hybridized carbons (Fsp3) is 0.278. The standard InChI is InChI=1S/C18H22N2/c1-5-16-11-14(4)18(20-16)12-15(13(2)3)8-9-17-7-6-10-19-17/h6-9,11-12,20H,4-5,10H2,1-3H3/b9-8+,18-12+. The third-order valence-corrected chi connectivity index (χ3v) is 3.35. The molecule has 0 aliphatic carbocycles. The molecule has 0 saturated carbocycles.